The highest BCUT2D eigenvalue weighted by molar-refractivity contribution is 5.79. The van der Waals surface area contributed by atoms with Gasteiger partial charge < -0.3 is 14.5 Å². The van der Waals surface area contributed by atoms with Crippen LogP contribution in [0, 0.1) is 0 Å². The van der Waals surface area contributed by atoms with Gasteiger partial charge in [0.15, 0.2) is 0 Å². The Bertz CT molecular complexity index is 777. The van der Waals surface area contributed by atoms with E-state index >= 15 is 0 Å². The van der Waals surface area contributed by atoms with Crippen LogP contribution in [0.5, 0.6) is 0 Å². The predicted octanol–water partition coefficient (Wildman–Crippen LogP) is 2.81. The van der Waals surface area contributed by atoms with Gasteiger partial charge in [-0.25, -0.2) is 0 Å². The zero-order valence-electron chi connectivity index (χ0n) is 18.6. The normalized spacial score (nSPS) is 14.6. The van der Waals surface area contributed by atoms with Crippen molar-refractivity contribution in [2.75, 3.05) is 52.5 Å². The van der Waals surface area contributed by atoms with E-state index in [9.17, 15) is 9.59 Å². The van der Waals surface area contributed by atoms with E-state index in [2.05, 4.69) is 53.4 Å². The lowest BCUT2D eigenvalue weighted by molar-refractivity contribution is -0.143. The molecule has 1 heterocycles. The monoisotopic (exact) mass is 423 g/mol. The minimum Gasteiger partial charge on any atom is -0.362 e. The second kappa shape index (κ2) is 11.6. The summed E-state index contributed by atoms with van der Waals surface area (Å²) in [4.78, 5) is 30.6. The summed E-state index contributed by atoms with van der Waals surface area (Å²) in [5, 5.41) is 0. The second-order valence-corrected chi connectivity index (χ2v) is 7.70. The van der Waals surface area contributed by atoms with Gasteiger partial charge in [0, 0.05) is 39.3 Å². The first-order valence-corrected chi connectivity index (χ1v) is 11.1. The first-order chi connectivity index (χ1) is 15.1. The molecular weight excluding hydrogens is 390 g/mol. The smallest absolute Gasteiger partial charge is 0.248 e. The first-order valence-electron chi connectivity index (χ1n) is 11.1. The van der Waals surface area contributed by atoms with Crippen molar-refractivity contribution in [2.24, 2.45) is 0 Å². The van der Waals surface area contributed by atoms with Gasteiger partial charge in [0.2, 0.25) is 11.8 Å². The molecule has 1 fully saturated rings. The largest absolute Gasteiger partial charge is 0.362 e. The van der Waals surface area contributed by atoms with E-state index in [0.717, 1.165) is 13.1 Å². The maximum Gasteiger partial charge on any atom is 0.248 e. The highest BCUT2D eigenvalue weighted by Gasteiger charge is 2.28. The maximum atomic E-state index is 12.6. The van der Waals surface area contributed by atoms with Crippen molar-refractivity contribution in [3.8, 4) is 0 Å². The molecule has 6 nitrogen and oxygen atoms in total. The fourth-order valence-corrected chi connectivity index (χ4v) is 4.10. The molecule has 166 valence electrons. The van der Waals surface area contributed by atoms with Crippen molar-refractivity contribution in [2.45, 2.75) is 19.9 Å². The van der Waals surface area contributed by atoms with E-state index in [1.807, 2.05) is 30.9 Å². The average Bonchev–Trinajstić information content (AvgIpc) is 2.82. The Balaban J connectivity index is 1.55. The van der Waals surface area contributed by atoms with Crippen LogP contribution in [-0.2, 0) is 14.3 Å². The third-order valence-electron chi connectivity index (χ3n) is 5.83. The molecule has 0 bridgehead atoms. The van der Waals surface area contributed by atoms with Crippen molar-refractivity contribution >= 4 is 11.8 Å². The standard InChI is InChI=1S/C25H33N3O3/c1-3-26(4-2)23(29)19-31-20-24(30)27-15-17-28(18-16-27)25(21-11-7-5-8-12-21)22-13-9-6-10-14-22/h5-14,25H,3-4,15-20H2,1-2H3. The number of likely N-dealkylation sites (N-methyl/N-ethyl adjacent to an activating group) is 1. The summed E-state index contributed by atoms with van der Waals surface area (Å²) in [6, 6.07) is 21.2. The first kappa shape index (κ1) is 23.0. The van der Waals surface area contributed by atoms with Crippen LogP contribution in [-0.4, -0.2) is 79.0 Å². The van der Waals surface area contributed by atoms with Crippen LogP contribution in [0.2, 0.25) is 0 Å². The number of hydrogen-bond donors (Lipinski definition) is 0. The lowest BCUT2D eigenvalue weighted by atomic mass is 9.96. The molecule has 2 aromatic carbocycles. The number of benzene rings is 2. The molecule has 0 aromatic heterocycles. The molecule has 0 N–H and O–H groups in total. The van der Waals surface area contributed by atoms with Gasteiger partial charge in [-0.1, -0.05) is 60.7 Å². The fraction of sp³-hybridized carbons (Fsp3) is 0.440. The van der Waals surface area contributed by atoms with Crippen molar-refractivity contribution in [1.82, 2.24) is 14.7 Å². The van der Waals surface area contributed by atoms with Gasteiger partial charge in [-0.15, -0.1) is 0 Å². The van der Waals surface area contributed by atoms with Crippen LogP contribution in [0.25, 0.3) is 0 Å². The Hall–Kier alpha value is -2.70. The lowest BCUT2D eigenvalue weighted by Crippen LogP contribution is -2.50. The third-order valence-corrected chi connectivity index (χ3v) is 5.83. The summed E-state index contributed by atoms with van der Waals surface area (Å²) in [6.45, 7) is 7.97. The lowest BCUT2D eigenvalue weighted by Gasteiger charge is -2.39. The molecular formula is C25H33N3O3. The molecule has 6 heteroatoms. The number of carbonyl (C=O) groups is 2. The van der Waals surface area contributed by atoms with E-state index < -0.39 is 0 Å². The van der Waals surface area contributed by atoms with Crippen molar-refractivity contribution in [3.05, 3.63) is 71.8 Å². The number of piperazine rings is 1. The summed E-state index contributed by atoms with van der Waals surface area (Å²) in [5.74, 6) is -0.126. The summed E-state index contributed by atoms with van der Waals surface area (Å²) >= 11 is 0. The topological polar surface area (TPSA) is 53.1 Å². The van der Waals surface area contributed by atoms with Crippen molar-refractivity contribution in [1.29, 1.82) is 0 Å². The average molecular weight is 424 g/mol. The van der Waals surface area contributed by atoms with Crippen LogP contribution in [0.15, 0.2) is 60.7 Å². The summed E-state index contributed by atoms with van der Waals surface area (Å²) in [6.07, 6.45) is 0. The Morgan fingerprint density at radius 2 is 1.35 bits per heavy atom. The van der Waals surface area contributed by atoms with Gasteiger partial charge in [-0.2, -0.15) is 0 Å². The van der Waals surface area contributed by atoms with Crippen LogP contribution in [0.3, 0.4) is 0 Å². The van der Waals surface area contributed by atoms with E-state index in [4.69, 9.17) is 4.74 Å². The van der Waals surface area contributed by atoms with Gasteiger partial charge in [0.25, 0.3) is 0 Å². The Labute approximate surface area is 185 Å². The predicted molar refractivity (Wildman–Crippen MR) is 122 cm³/mol. The molecule has 0 radical (unpaired) electrons. The molecule has 1 aliphatic heterocycles. The molecule has 2 aromatic rings. The molecule has 0 spiro atoms. The molecule has 1 saturated heterocycles. The van der Waals surface area contributed by atoms with Gasteiger partial charge in [-0.3, -0.25) is 14.5 Å². The fourth-order valence-electron chi connectivity index (χ4n) is 4.10. The molecule has 0 atom stereocenters. The quantitative estimate of drug-likeness (QED) is 0.622. The summed E-state index contributed by atoms with van der Waals surface area (Å²) < 4.78 is 5.41. The van der Waals surface area contributed by atoms with Crippen LogP contribution in [0.1, 0.15) is 31.0 Å². The number of amides is 2. The van der Waals surface area contributed by atoms with Crippen LogP contribution >= 0.6 is 0 Å². The van der Waals surface area contributed by atoms with Crippen LogP contribution < -0.4 is 0 Å². The van der Waals surface area contributed by atoms with Gasteiger partial charge in [0.05, 0.1) is 6.04 Å². The number of nitrogens with zero attached hydrogens (tertiary/aromatic N) is 3. The highest BCUT2D eigenvalue weighted by atomic mass is 16.5. The Morgan fingerprint density at radius 3 is 1.84 bits per heavy atom. The molecule has 0 aliphatic carbocycles. The van der Waals surface area contributed by atoms with E-state index in [1.54, 1.807) is 4.90 Å². The SMILES string of the molecule is CCN(CC)C(=O)COCC(=O)N1CCN(C(c2ccccc2)c2ccccc2)CC1. The molecule has 0 saturated carbocycles. The van der Waals surface area contributed by atoms with E-state index in [0.29, 0.717) is 26.2 Å². The second-order valence-electron chi connectivity index (χ2n) is 7.70. The third kappa shape index (κ3) is 6.15. The molecule has 0 unspecified atom stereocenters. The number of carbonyl (C=O) groups excluding carboxylic acids is 2. The molecule has 2 amide bonds. The van der Waals surface area contributed by atoms with E-state index in [1.165, 1.54) is 11.1 Å². The van der Waals surface area contributed by atoms with Crippen molar-refractivity contribution in [3.63, 3.8) is 0 Å². The number of hydrogen-bond acceptors (Lipinski definition) is 4. The molecule has 3 rings (SSSR count). The molecule has 1 aliphatic rings. The highest BCUT2D eigenvalue weighted by Crippen LogP contribution is 2.29. The maximum absolute atomic E-state index is 12.6. The number of rotatable bonds is 9. The Kier molecular flexibility index (Phi) is 8.62. The van der Waals surface area contributed by atoms with E-state index in [-0.39, 0.29) is 31.1 Å². The van der Waals surface area contributed by atoms with Gasteiger partial charge in [0.1, 0.15) is 13.2 Å². The summed E-state index contributed by atoms with van der Waals surface area (Å²) in [5.41, 5.74) is 2.51. The van der Waals surface area contributed by atoms with Gasteiger partial charge >= 0.3 is 0 Å². The molecule has 31 heavy (non-hydrogen) atoms. The minimum absolute atomic E-state index is 0.0442. The van der Waals surface area contributed by atoms with Crippen molar-refractivity contribution < 1.29 is 14.3 Å². The number of ether oxygens (including phenoxy) is 1. The van der Waals surface area contributed by atoms with Gasteiger partial charge in [-0.05, 0) is 25.0 Å². The zero-order valence-corrected chi connectivity index (χ0v) is 18.6. The minimum atomic E-state index is -0.0730. The Morgan fingerprint density at radius 1 is 0.839 bits per heavy atom. The van der Waals surface area contributed by atoms with Crippen LogP contribution in [0.4, 0.5) is 0 Å². The zero-order chi connectivity index (χ0) is 22.1. The summed E-state index contributed by atoms with van der Waals surface area (Å²) in [7, 11) is 0.